The molecule has 16 heavy (non-hydrogen) atoms. The van der Waals surface area contributed by atoms with Crippen LogP contribution in [0.2, 0.25) is 0 Å². The van der Waals surface area contributed by atoms with Crippen molar-refractivity contribution in [3.63, 3.8) is 0 Å². The molecule has 1 amide bonds. The Morgan fingerprint density at radius 3 is 2.62 bits per heavy atom. The molecule has 0 radical (unpaired) electrons. The van der Waals surface area contributed by atoms with E-state index in [2.05, 4.69) is 23.5 Å². The predicted molar refractivity (Wildman–Crippen MR) is 71.3 cm³/mol. The fraction of sp³-hybridized carbons (Fsp3) is 0.308. The van der Waals surface area contributed by atoms with E-state index in [1.165, 1.54) is 5.56 Å². The zero-order chi connectivity index (χ0) is 12.1. The largest absolute Gasteiger partial charge is 0.355 e. The molecule has 1 N–H and O–H groups in total. The lowest BCUT2D eigenvalue weighted by Gasteiger charge is -1.98. The fourth-order valence-electron chi connectivity index (χ4n) is 1.45. The first kappa shape index (κ1) is 12.7. The van der Waals surface area contributed by atoms with Gasteiger partial charge in [0.15, 0.2) is 0 Å². The number of benzene rings is 1. The lowest BCUT2D eigenvalue weighted by atomic mass is 10.1. The molecule has 0 aliphatic heterocycles. The van der Waals surface area contributed by atoms with E-state index in [-0.39, 0.29) is 5.91 Å². The second-order valence-electron chi connectivity index (χ2n) is 3.23. The number of hydrogen-bond acceptors (Lipinski definition) is 2. The molecule has 0 unspecified atom stereocenters. The molecule has 1 aromatic carbocycles. The summed E-state index contributed by atoms with van der Waals surface area (Å²) >= 11 is 1.61. The Kier molecular flexibility index (Phi) is 4.50. The molecule has 1 heterocycles. The summed E-state index contributed by atoms with van der Waals surface area (Å²) < 4.78 is 1.16. The van der Waals surface area contributed by atoms with Gasteiger partial charge < -0.3 is 5.32 Å². The zero-order valence-corrected chi connectivity index (χ0v) is 10.9. The van der Waals surface area contributed by atoms with Gasteiger partial charge in [0.2, 0.25) is 0 Å². The molecule has 2 nitrogen and oxygen atoms in total. The Hall–Kier alpha value is -1.35. The summed E-state index contributed by atoms with van der Waals surface area (Å²) in [6.07, 6.45) is 0. The van der Waals surface area contributed by atoms with Crippen LogP contribution in [0, 0.1) is 6.92 Å². The van der Waals surface area contributed by atoms with Gasteiger partial charge in [0, 0.05) is 22.5 Å². The van der Waals surface area contributed by atoms with Gasteiger partial charge in [-0.2, -0.15) is 0 Å². The van der Waals surface area contributed by atoms with E-state index in [9.17, 15) is 4.79 Å². The van der Waals surface area contributed by atoms with E-state index in [1.807, 2.05) is 26.2 Å². The van der Waals surface area contributed by atoms with Gasteiger partial charge in [-0.05, 0) is 19.1 Å². The molecule has 3 heteroatoms. The van der Waals surface area contributed by atoms with Gasteiger partial charge >= 0.3 is 0 Å². The molecule has 0 spiro atoms. The molecule has 0 fully saturated rings. The molecule has 2 aromatic rings. The van der Waals surface area contributed by atoms with Crippen molar-refractivity contribution in [2.75, 3.05) is 7.05 Å². The van der Waals surface area contributed by atoms with Crippen molar-refractivity contribution in [2.24, 2.45) is 0 Å². The monoisotopic (exact) mass is 235 g/mol. The number of fused-ring (bicyclic) bond motifs is 1. The third-order valence-electron chi connectivity index (χ3n) is 2.20. The molecule has 0 atom stereocenters. The van der Waals surface area contributed by atoms with E-state index in [1.54, 1.807) is 18.4 Å². The number of rotatable bonds is 1. The summed E-state index contributed by atoms with van der Waals surface area (Å²) in [5.74, 6) is -0.0122. The minimum atomic E-state index is -0.0122. The number of aryl methyl sites for hydroxylation is 1. The van der Waals surface area contributed by atoms with E-state index in [4.69, 9.17) is 0 Å². The standard InChI is InChI=1S/C11H11NOS.C2H6/c1-7-3-4-10-8(5-7)9(6-14-10)11(13)12-2;1-2/h3-6H,1-2H3,(H,12,13);1-2H3. The van der Waals surface area contributed by atoms with Crippen molar-refractivity contribution in [3.05, 3.63) is 34.7 Å². The van der Waals surface area contributed by atoms with Crippen molar-refractivity contribution in [1.29, 1.82) is 0 Å². The molecule has 2 rings (SSSR count). The number of hydrogen-bond donors (Lipinski definition) is 1. The molecule has 0 saturated carbocycles. The highest BCUT2D eigenvalue weighted by molar-refractivity contribution is 7.17. The van der Waals surface area contributed by atoms with Crippen LogP contribution in [0.5, 0.6) is 0 Å². The molecular weight excluding hydrogens is 218 g/mol. The molecular formula is C13H17NOS. The van der Waals surface area contributed by atoms with Crippen LogP contribution < -0.4 is 5.32 Å². The van der Waals surface area contributed by atoms with Crippen molar-refractivity contribution >= 4 is 27.3 Å². The highest BCUT2D eigenvalue weighted by atomic mass is 32.1. The van der Waals surface area contributed by atoms with Gasteiger partial charge in [-0.15, -0.1) is 11.3 Å². The summed E-state index contributed by atoms with van der Waals surface area (Å²) in [4.78, 5) is 11.5. The van der Waals surface area contributed by atoms with Crippen LogP contribution in [-0.2, 0) is 0 Å². The highest BCUT2D eigenvalue weighted by Crippen LogP contribution is 2.26. The normalized spacial score (nSPS) is 9.50. The SMILES string of the molecule is CC.CNC(=O)c1csc2ccc(C)cc12. The number of amides is 1. The predicted octanol–water partition coefficient (Wildman–Crippen LogP) is 3.60. The maximum absolute atomic E-state index is 11.5. The van der Waals surface area contributed by atoms with Crippen LogP contribution in [0.25, 0.3) is 10.1 Å². The van der Waals surface area contributed by atoms with Crippen LogP contribution in [0.3, 0.4) is 0 Å². The lowest BCUT2D eigenvalue weighted by Crippen LogP contribution is -2.17. The number of nitrogens with one attached hydrogen (secondary N) is 1. The van der Waals surface area contributed by atoms with Gasteiger partial charge in [0.25, 0.3) is 5.91 Å². The summed E-state index contributed by atoms with van der Waals surface area (Å²) in [6.45, 7) is 6.03. The van der Waals surface area contributed by atoms with E-state index in [0.29, 0.717) is 0 Å². The first-order valence-electron chi connectivity index (χ1n) is 5.42. The van der Waals surface area contributed by atoms with Crippen LogP contribution in [0.15, 0.2) is 23.6 Å². The van der Waals surface area contributed by atoms with E-state index >= 15 is 0 Å². The second kappa shape index (κ2) is 5.66. The van der Waals surface area contributed by atoms with Crippen LogP contribution in [0.1, 0.15) is 29.8 Å². The van der Waals surface area contributed by atoms with Crippen molar-refractivity contribution in [1.82, 2.24) is 5.32 Å². The maximum Gasteiger partial charge on any atom is 0.252 e. The van der Waals surface area contributed by atoms with Crippen LogP contribution >= 0.6 is 11.3 Å². The van der Waals surface area contributed by atoms with Gasteiger partial charge in [-0.1, -0.05) is 25.5 Å². The Morgan fingerprint density at radius 1 is 1.31 bits per heavy atom. The molecule has 1 aromatic heterocycles. The van der Waals surface area contributed by atoms with E-state index in [0.717, 1.165) is 15.6 Å². The minimum absolute atomic E-state index is 0.0122. The van der Waals surface area contributed by atoms with Crippen LogP contribution in [-0.4, -0.2) is 13.0 Å². The average molecular weight is 235 g/mol. The summed E-state index contributed by atoms with van der Waals surface area (Å²) in [6, 6.07) is 6.17. The highest BCUT2D eigenvalue weighted by Gasteiger charge is 2.09. The lowest BCUT2D eigenvalue weighted by molar-refractivity contribution is 0.0965. The topological polar surface area (TPSA) is 29.1 Å². The summed E-state index contributed by atoms with van der Waals surface area (Å²) in [5.41, 5.74) is 1.96. The van der Waals surface area contributed by atoms with Gasteiger partial charge in [-0.25, -0.2) is 0 Å². The molecule has 0 bridgehead atoms. The maximum atomic E-state index is 11.5. The molecule has 0 aliphatic carbocycles. The Morgan fingerprint density at radius 2 is 2.00 bits per heavy atom. The Bertz CT molecular complexity index is 488. The van der Waals surface area contributed by atoms with Crippen LogP contribution in [0.4, 0.5) is 0 Å². The smallest absolute Gasteiger partial charge is 0.252 e. The molecule has 0 saturated heterocycles. The first-order valence-corrected chi connectivity index (χ1v) is 6.30. The summed E-state index contributed by atoms with van der Waals surface area (Å²) in [7, 11) is 1.65. The number of thiophene rings is 1. The Labute approximate surface area is 100 Å². The fourth-order valence-corrected chi connectivity index (χ4v) is 2.37. The van der Waals surface area contributed by atoms with Gasteiger partial charge in [0.05, 0.1) is 5.56 Å². The van der Waals surface area contributed by atoms with Gasteiger partial charge in [-0.3, -0.25) is 4.79 Å². The average Bonchev–Trinajstić information content (AvgIpc) is 2.73. The van der Waals surface area contributed by atoms with Crippen molar-refractivity contribution in [3.8, 4) is 0 Å². The van der Waals surface area contributed by atoms with Gasteiger partial charge in [0.1, 0.15) is 0 Å². The first-order chi connectivity index (χ1) is 7.72. The molecule has 86 valence electrons. The van der Waals surface area contributed by atoms with E-state index < -0.39 is 0 Å². The quantitative estimate of drug-likeness (QED) is 0.804. The third-order valence-corrected chi connectivity index (χ3v) is 3.16. The zero-order valence-electron chi connectivity index (χ0n) is 10.1. The molecule has 0 aliphatic rings. The number of carbonyl (C=O) groups is 1. The van der Waals surface area contributed by atoms with Crippen molar-refractivity contribution in [2.45, 2.75) is 20.8 Å². The third kappa shape index (κ3) is 2.42. The minimum Gasteiger partial charge on any atom is -0.355 e. The van der Waals surface area contributed by atoms with Crippen molar-refractivity contribution < 1.29 is 4.79 Å². The second-order valence-corrected chi connectivity index (χ2v) is 4.14. The Balaban J connectivity index is 0.000000606. The summed E-state index contributed by atoms with van der Waals surface area (Å²) in [5, 5.41) is 5.60. The number of carbonyl (C=O) groups excluding carboxylic acids is 1.